The fourth-order valence-corrected chi connectivity index (χ4v) is 8.25. The minimum atomic E-state index is 0.853. The maximum Gasteiger partial charge on any atom is 0.159 e. The van der Waals surface area contributed by atoms with Crippen molar-refractivity contribution < 1.29 is 8.83 Å². The highest BCUT2D eigenvalue weighted by atomic mass is 16.3. The summed E-state index contributed by atoms with van der Waals surface area (Å²) < 4.78 is 13.0. The third-order valence-corrected chi connectivity index (χ3v) is 10.9. The molecule has 2 aromatic heterocycles. The Hall–Kier alpha value is -7.36. The lowest BCUT2D eigenvalue weighted by Gasteiger charge is -2.26. The van der Waals surface area contributed by atoms with Gasteiger partial charge >= 0.3 is 0 Å². The molecule has 9 aromatic carbocycles. The highest BCUT2D eigenvalue weighted by Gasteiger charge is 2.20. The Morgan fingerprint density at radius 2 is 0.818 bits per heavy atom. The maximum atomic E-state index is 6.60. The highest BCUT2D eigenvalue weighted by Crippen LogP contribution is 2.44. The zero-order valence-electron chi connectivity index (χ0n) is 29.8. The van der Waals surface area contributed by atoms with Crippen molar-refractivity contribution >= 4 is 71.7 Å². The molecule has 0 saturated carbocycles. The first-order chi connectivity index (χ1) is 27.3. The van der Waals surface area contributed by atoms with Crippen LogP contribution in [0, 0.1) is 0 Å². The third kappa shape index (κ3) is 5.20. The third-order valence-electron chi connectivity index (χ3n) is 10.9. The summed E-state index contributed by atoms with van der Waals surface area (Å²) >= 11 is 0. The second kappa shape index (κ2) is 12.6. The van der Waals surface area contributed by atoms with Crippen molar-refractivity contribution in [1.29, 1.82) is 0 Å². The molecule has 0 unspecified atom stereocenters. The summed E-state index contributed by atoms with van der Waals surface area (Å²) in [4.78, 5) is 2.30. The van der Waals surface area contributed by atoms with Crippen molar-refractivity contribution in [2.24, 2.45) is 0 Å². The molecule has 0 radical (unpaired) electrons. The molecule has 3 nitrogen and oxygen atoms in total. The molecule has 3 heteroatoms. The molecule has 0 aliphatic carbocycles. The zero-order valence-corrected chi connectivity index (χ0v) is 29.8. The lowest BCUT2D eigenvalue weighted by atomic mass is 9.95. The number of rotatable bonds is 6. The lowest BCUT2D eigenvalue weighted by Crippen LogP contribution is -2.10. The summed E-state index contributed by atoms with van der Waals surface area (Å²) in [5.41, 5.74) is 13.5. The van der Waals surface area contributed by atoms with E-state index in [-0.39, 0.29) is 0 Å². The van der Waals surface area contributed by atoms with Gasteiger partial charge in [0.1, 0.15) is 16.7 Å². The monoisotopic (exact) mass is 703 g/mol. The van der Waals surface area contributed by atoms with E-state index in [9.17, 15) is 0 Å². The molecule has 0 amide bonds. The minimum absolute atomic E-state index is 0.853. The summed E-state index contributed by atoms with van der Waals surface area (Å²) in [5, 5.41) is 6.95. The van der Waals surface area contributed by atoms with E-state index < -0.39 is 0 Å². The largest absolute Gasteiger partial charge is 0.455 e. The van der Waals surface area contributed by atoms with E-state index in [1.807, 2.05) is 24.3 Å². The molecule has 0 atom stereocenters. The number of benzene rings is 9. The van der Waals surface area contributed by atoms with Gasteiger partial charge in [-0.15, -0.1) is 0 Å². The van der Waals surface area contributed by atoms with E-state index in [4.69, 9.17) is 8.83 Å². The van der Waals surface area contributed by atoms with Gasteiger partial charge in [-0.3, -0.25) is 0 Å². The predicted molar refractivity (Wildman–Crippen MR) is 229 cm³/mol. The number of para-hydroxylation sites is 4. The Kier molecular flexibility index (Phi) is 7.17. The molecule has 11 aromatic rings. The number of hydrogen-bond donors (Lipinski definition) is 0. The molecule has 0 spiro atoms. The molecule has 0 bridgehead atoms. The Labute approximate surface area is 317 Å². The number of fused-ring (bicyclic) bond motifs is 7. The molecule has 55 heavy (non-hydrogen) atoms. The van der Waals surface area contributed by atoms with Gasteiger partial charge in [0.2, 0.25) is 0 Å². The minimum Gasteiger partial charge on any atom is -0.455 e. The Balaban J connectivity index is 1.02. The summed E-state index contributed by atoms with van der Waals surface area (Å²) in [6, 6.07) is 70.9. The smallest absolute Gasteiger partial charge is 0.159 e. The van der Waals surface area contributed by atoms with Crippen LogP contribution in [0.5, 0.6) is 0 Å². The molecular formula is C52H33NO2. The van der Waals surface area contributed by atoms with Crippen LogP contribution >= 0.6 is 0 Å². The molecule has 258 valence electrons. The van der Waals surface area contributed by atoms with Gasteiger partial charge in [-0.25, -0.2) is 0 Å². The second-order valence-corrected chi connectivity index (χ2v) is 14.1. The van der Waals surface area contributed by atoms with Crippen LogP contribution in [0.1, 0.15) is 0 Å². The standard InChI is InChI=1S/C52H33NO2/c1-2-15-41-35(11-1)12-8-18-42(41)38-14-7-13-37(33-38)34-25-29-39(30-26-34)53(48-22-10-21-47-45-17-4-6-24-50(45)55-52(47)48)40-31-27-36(28-32-40)43-19-9-20-46-44-16-3-5-23-49(44)54-51(43)46/h1-33H. The Bertz CT molecular complexity index is 3200. The van der Waals surface area contributed by atoms with Crippen LogP contribution in [0.4, 0.5) is 17.1 Å². The van der Waals surface area contributed by atoms with Crippen LogP contribution in [0.25, 0.3) is 88.0 Å². The van der Waals surface area contributed by atoms with Crippen molar-refractivity contribution in [3.63, 3.8) is 0 Å². The fourth-order valence-electron chi connectivity index (χ4n) is 8.25. The SMILES string of the molecule is c1cc(-c2ccc(N(c3ccc(-c4cccc5c4oc4ccccc45)cc3)c3cccc4c3oc3ccccc34)cc2)cc(-c2cccc3ccccc23)c1. The predicted octanol–water partition coefficient (Wildman–Crippen LogP) is 15.1. The van der Waals surface area contributed by atoms with Gasteiger partial charge in [-0.2, -0.15) is 0 Å². The van der Waals surface area contributed by atoms with E-state index in [1.165, 1.54) is 27.5 Å². The molecule has 0 aliphatic heterocycles. The topological polar surface area (TPSA) is 29.5 Å². The average Bonchev–Trinajstić information content (AvgIpc) is 3.83. The first-order valence-corrected chi connectivity index (χ1v) is 18.7. The van der Waals surface area contributed by atoms with Gasteiger partial charge in [-0.05, 0) is 87.1 Å². The number of nitrogens with zero attached hydrogens (tertiary/aromatic N) is 1. The first kappa shape index (κ1) is 31.2. The van der Waals surface area contributed by atoms with E-state index in [0.717, 1.165) is 77.6 Å². The molecule has 0 aliphatic rings. The Morgan fingerprint density at radius 1 is 0.309 bits per heavy atom. The van der Waals surface area contributed by atoms with Crippen molar-refractivity contribution in [3.8, 4) is 33.4 Å². The van der Waals surface area contributed by atoms with Gasteiger partial charge in [0.25, 0.3) is 0 Å². The Morgan fingerprint density at radius 3 is 1.56 bits per heavy atom. The number of furan rings is 2. The first-order valence-electron chi connectivity index (χ1n) is 18.7. The number of hydrogen-bond acceptors (Lipinski definition) is 3. The summed E-state index contributed by atoms with van der Waals surface area (Å²) in [5.74, 6) is 0. The van der Waals surface area contributed by atoms with E-state index in [2.05, 4.69) is 181 Å². The number of anilines is 3. The van der Waals surface area contributed by atoms with Crippen LogP contribution in [-0.4, -0.2) is 0 Å². The average molecular weight is 704 g/mol. The molecule has 0 fully saturated rings. The van der Waals surface area contributed by atoms with Gasteiger partial charge in [0.15, 0.2) is 5.58 Å². The van der Waals surface area contributed by atoms with Gasteiger partial charge in [-0.1, -0.05) is 152 Å². The van der Waals surface area contributed by atoms with Gasteiger partial charge in [0.05, 0.1) is 5.69 Å². The van der Waals surface area contributed by atoms with Gasteiger partial charge < -0.3 is 13.7 Å². The molecule has 2 heterocycles. The molecule has 11 rings (SSSR count). The van der Waals surface area contributed by atoms with Crippen LogP contribution in [0.15, 0.2) is 209 Å². The van der Waals surface area contributed by atoms with Crippen LogP contribution in [0.2, 0.25) is 0 Å². The van der Waals surface area contributed by atoms with Gasteiger partial charge in [0, 0.05) is 38.5 Å². The van der Waals surface area contributed by atoms with Crippen LogP contribution in [0.3, 0.4) is 0 Å². The van der Waals surface area contributed by atoms with E-state index in [0.29, 0.717) is 0 Å². The maximum absolute atomic E-state index is 6.60. The summed E-state index contributed by atoms with van der Waals surface area (Å²) in [6.45, 7) is 0. The van der Waals surface area contributed by atoms with Crippen LogP contribution in [-0.2, 0) is 0 Å². The highest BCUT2D eigenvalue weighted by molar-refractivity contribution is 6.11. The molecular weight excluding hydrogens is 671 g/mol. The van der Waals surface area contributed by atoms with Crippen molar-refractivity contribution in [2.75, 3.05) is 4.90 Å². The summed E-state index contributed by atoms with van der Waals surface area (Å²) in [6.07, 6.45) is 0. The van der Waals surface area contributed by atoms with E-state index in [1.54, 1.807) is 0 Å². The normalized spacial score (nSPS) is 11.6. The quantitative estimate of drug-likeness (QED) is 0.173. The van der Waals surface area contributed by atoms with Crippen molar-refractivity contribution in [1.82, 2.24) is 0 Å². The van der Waals surface area contributed by atoms with Crippen molar-refractivity contribution in [2.45, 2.75) is 0 Å². The molecule has 0 saturated heterocycles. The fraction of sp³-hybridized carbons (Fsp3) is 0. The van der Waals surface area contributed by atoms with Crippen molar-refractivity contribution in [3.05, 3.63) is 200 Å². The lowest BCUT2D eigenvalue weighted by molar-refractivity contribution is 0.669. The van der Waals surface area contributed by atoms with E-state index >= 15 is 0 Å². The molecule has 0 N–H and O–H groups in total. The summed E-state index contributed by atoms with van der Waals surface area (Å²) in [7, 11) is 0. The van der Waals surface area contributed by atoms with Crippen LogP contribution < -0.4 is 4.90 Å². The zero-order chi connectivity index (χ0) is 36.3. The second-order valence-electron chi connectivity index (χ2n) is 14.1.